The number of rotatable bonds is 5. The summed E-state index contributed by atoms with van der Waals surface area (Å²) in [4.78, 5) is 24.9. The summed E-state index contributed by atoms with van der Waals surface area (Å²) in [5.41, 5.74) is 4.48. The number of primary amides is 1. The minimum atomic E-state index is -1.32. The Bertz CT molecular complexity index is 438. The summed E-state index contributed by atoms with van der Waals surface area (Å²) in [6.07, 6.45) is 1.46. The van der Waals surface area contributed by atoms with Crippen molar-refractivity contribution in [2.45, 2.75) is 12.8 Å². The molecule has 2 amide bonds. The molecule has 0 atom stereocenters. The van der Waals surface area contributed by atoms with E-state index in [1.54, 1.807) is 0 Å². The Labute approximate surface area is 96.0 Å². The van der Waals surface area contributed by atoms with Crippen molar-refractivity contribution in [3.8, 4) is 0 Å². The van der Waals surface area contributed by atoms with Crippen molar-refractivity contribution < 1.29 is 18.4 Å². The van der Waals surface area contributed by atoms with Crippen molar-refractivity contribution in [2.24, 2.45) is 5.73 Å². The summed E-state index contributed by atoms with van der Waals surface area (Å²) < 4.78 is 25.8. The second kappa shape index (κ2) is 5.88. The number of hydrogen-bond donors (Lipinski definition) is 2. The molecule has 7 heteroatoms. The summed E-state index contributed by atoms with van der Waals surface area (Å²) >= 11 is 0. The lowest BCUT2D eigenvalue weighted by atomic mass is 10.2. The summed E-state index contributed by atoms with van der Waals surface area (Å²) in [7, 11) is 0. The van der Waals surface area contributed by atoms with Crippen molar-refractivity contribution in [1.29, 1.82) is 0 Å². The number of hydrogen-bond acceptors (Lipinski definition) is 3. The molecule has 92 valence electrons. The average molecular weight is 243 g/mol. The quantitative estimate of drug-likeness (QED) is 0.578. The maximum Gasteiger partial charge on any atom is 0.254 e. The maximum absolute atomic E-state index is 13.1. The summed E-state index contributed by atoms with van der Waals surface area (Å²) in [6.45, 7) is 0.158. The maximum atomic E-state index is 13.1. The van der Waals surface area contributed by atoms with Gasteiger partial charge < -0.3 is 11.1 Å². The van der Waals surface area contributed by atoms with Gasteiger partial charge in [0.05, 0.1) is 5.56 Å². The number of nitrogens with two attached hydrogens (primary N) is 1. The van der Waals surface area contributed by atoms with Crippen LogP contribution in [0, 0.1) is 11.8 Å². The Morgan fingerprint density at radius 1 is 1.41 bits per heavy atom. The lowest BCUT2D eigenvalue weighted by Crippen LogP contribution is -2.26. The number of pyridine rings is 1. The van der Waals surface area contributed by atoms with Crippen LogP contribution in [0.5, 0.6) is 0 Å². The molecule has 1 aromatic heterocycles. The Hall–Kier alpha value is -2.05. The van der Waals surface area contributed by atoms with Gasteiger partial charge in [0.2, 0.25) is 11.9 Å². The van der Waals surface area contributed by atoms with Crippen LogP contribution in [-0.4, -0.2) is 23.3 Å². The third kappa shape index (κ3) is 3.78. The highest BCUT2D eigenvalue weighted by molar-refractivity contribution is 5.94. The molecule has 5 nitrogen and oxygen atoms in total. The molecule has 1 aromatic rings. The minimum absolute atomic E-state index is 0.119. The molecule has 0 aliphatic heterocycles. The van der Waals surface area contributed by atoms with Gasteiger partial charge in [0, 0.05) is 19.2 Å². The highest BCUT2D eigenvalue weighted by Gasteiger charge is 2.15. The highest BCUT2D eigenvalue weighted by Crippen LogP contribution is 2.08. The number of amides is 2. The van der Waals surface area contributed by atoms with Gasteiger partial charge in [-0.15, -0.1) is 0 Å². The molecule has 0 saturated heterocycles. The van der Waals surface area contributed by atoms with Gasteiger partial charge in [0.1, 0.15) is 0 Å². The predicted molar refractivity (Wildman–Crippen MR) is 54.9 cm³/mol. The molecule has 0 aliphatic rings. The number of nitrogens with one attached hydrogen (secondary N) is 1. The Morgan fingerprint density at radius 3 is 2.76 bits per heavy atom. The molecular weight excluding hydrogens is 232 g/mol. The smallest absolute Gasteiger partial charge is 0.254 e. The van der Waals surface area contributed by atoms with E-state index in [2.05, 4.69) is 10.3 Å². The number of carbonyl (C=O) groups excluding carboxylic acids is 2. The third-order valence-electron chi connectivity index (χ3n) is 1.98. The zero-order valence-electron chi connectivity index (χ0n) is 8.87. The molecule has 0 saturated carbocycles. The van der Waals surface area contributed by atoms with E-state index in [0.29, 0.717) is 6.42 Å². The van der Waals surface area contributed by atoms with Gasteiger partial charge >= 0.3 is 0 Å². The van der Waals surface area contributed by atoms with E-state index in [9.17, 15) is 18.4 Å². The lowest BCUT2D eigenvalue weighted by Gasteiger charge is -2.05. The Kier molecular flexibility index (Phi) is 4.50. The molecule has 1 heterocycles. The standard InChI is InChI=1S/C10H11F2N3O2/c11-8-6(3-5-14-9(8)12)10(17)15-4-1-2-7(13)16/h3,5H,1-2,4H2,(H2,13,16)(H,15,17). The van der Waals surface area contributed by atoms with Crippen molar-refractivity contribution in [1.82, 2.24) is 10.3 Å². The van der Waals surface area contributed by atoms with E-state index < -0.39 is 29.1 Å². The van der Waals surface area contributed by atoms with Gasteiger partial charge in [-0.25, -0.2) is 9.37 Å². The molecule has 0 spiro atoms. The molecule has 0 fully saturated rings. The molecule has 0 radical (unpaired) electrons. The third-order valence-corrected chi connectivity index (χ3v) is 1.98. The SMILES string of the molecule is NC(=O)CCCNC(=O)c1ccnc(F)c1F. The van der Waals surface area contributed by atoms with Crippen LogP contribution in [0.1, 0.15) is 23.2 Å². The zero-order chi connectivity index (χ0) is 12.8. The van der Waals surface area contributed by atoms with E-state index in [1.807, 2.05) is 0 Å². The average Bonchev–Trinajstić information content (AvgIpc) is 2.27. The van der Waals surface area contributed by atoms with Crippen LogP contribution in [0.3, 0.4) is 0 Å². The molecule has 3 N–H and O–H groups in total. The van der Waals surface area contributed by atoms with E-state index in [4.69, 9.17) is 5.73 Å². The second-order valence-corrected chi connectivity index (χ2v) is 3.29. The van der Waals surface area contributed by atoms with Gasteiger partial charge in [0.25, 0.3) is 5.91 Å². The minimum Gasteiger partial charge on any atom is -0.370 e. The highest BCUT2D eigenvalue weighted by atomic mass is 19.2. The van der Waals surface area contributed by atoms with Crippen LogP contribution in [0.2, 0.25) is 0 Å². The van der Waals surface area contributed by atoms with Gasteiger partial charge in [0.15, 0.2) is 5.82 Å². The van der Waals surface area contributed by atoms with Gasteiger partial charge in [-0.05, 0) is 12.5 Å². The molecule has 0 bridgehead atoms. The van der Waals surface area contributed by atoms with Crippen molar-refractivity contribution >= 4 is 11.8 Å². The van der Waals surface area contributed by atoms with Crippen LogP contribution in [-0.2, 0) is 4.79 Å². The topological polar surface area (TPSA) is 85.1 Å². The van der Waals surface area contributed by atoms with E-state index in [1.165, 1.54) is 0 Å². The van der Waals surface area contributed by atoms with E-state index in [-0.39, 0.29) is 13.0 Å². The van der Waals surface area contributed by atoms with E-state index >= 15 is 0 Å². The molecule has 0 aromatic carbocycles. The fraction of sp³-hybridized carbons (Fsp3) is 0.300. The number of carbonyl (C=O) groups is 2. The van der Waals surface area contributed by atoms with E-state index in [0.717, 1.165) is 12.3 Å². The van der Waals surface area contributed by atoms with Crippen LogP contribution >= 0.6 is 0 Å². The molecule has 17 heavy (non-hydrogen) atoms. The van der Waals surface area contributed by atoms with Crippen LogP contribution in [0.25, 0.3) is 0 Å². The summed E-state index contributed by atoms with van der Waals surface area (Å²) in [5.74, 6) is -3.86. The summed E-state index contributed by atoms with van der Waals surface area (Å²) in [6, 6.07) is 1.07. The van der Waals surface area contributed by atoms with Gasteiger partial charge in [-0.3, -0.25) is 9.59 Å². The largest absolute Gasteiger partial charge is 0.370 e. The first-order valence-electron chi connectivity index (χ1n) is 4.89. The van der Waals surface area contributed by atoms with Crippen molar-refractivity contribution in [3.05, 3.63) is 29.6 Å². The van der Waals surface area contributed by atoms with Crippen molar-refractivity contribution in [3.63, 3.8) is 0 Å². The monoisotopic (exact) mass is 243 g/mol. The number of aromatic nitrogens is 1. The molecular formula is C10H11F2N3O2. The van der Waals surface area contributed by atoms with Gasteiger partial charge in [-0.2, -0.15) is 4.39 Å². The first kappa shape index (κ1) is 13.0. The summed E-state index contributed by atoms with van der Waals surface area (Å²) in [5, 5.41) is 2.34. The molecule has 0 aliphatic carbocycles. The molecule has 1 rings (SSSR count). The number of nitrogens with zero attached hydrogens (tertiary/aromatic N) is 1. The van der Waals surface area contributed by atoms with Crippen LogP contribution in [0.15, 0.2) is 12.3 Å². The van der Waals surface area contributed by atoms with Gasteiger partial charge in [-0.1, -0.05) is 0 Å². The Balaban J connectivity index is 2.53. The normalized spacial score (nSPS) is 10.0. The van der Waals surface area contributed by atoms with Crippen LogP contribution < -0.4 is 11.1 Å². The first-order chi connectivity index (χ1) is 8.02. The zero-order valence-corrected chi connectivity index (χ0v) is 8.87. The predicted octanol–water partition coefficient (Wildman–Crippen LogP) is 0.355. The van der Waals surface area contributed by atoms with Crippen LogP contribution in [0.4, 0.5) is 8.78 Å². The molecule has 0 unspecified atom stereocenters. The lowest BCUT2D eigenvalue weighted by molar-refractivity contribution is -0.118. The Morgan fingerprint density at radius 2 is 2.12 bits per heavy atom. The fourth-order valence-electron chi connectivity index (χ4n) is 1.15. The second-order valence-electron chi connectivity index (χ2n) is 3.29. The first-order valence-corrected chi connectivity index (χ1v) is 4.89. The fourth-order valence-corrected chi connectivity index (χ4v) is 1.15. The number of halogens is 2. The van der Waals surface area contributed by atoms with Crippen molar-refractivity contribution in [2.75, 3.05) is 6.54 Å².